The molecule has 6 heteroatoms. The van der Waals surface area contributed by atoms with Crippen molar-refractivity contribution < 1.29 is 9.90 Å². The first-order chi connectivity index (χ1) is 6.84. The summed E-state index contributed by atoms with van der Waals surface area (Å²) in [5.74, 6) is -0.386. The first-order valence-electron chi connectivity index (χ1n) is 4.36. The zero-order valence-corrected chi connectivity index (χ0v) is 10.5. The summed E-state index contributed by atoms with van der Waals surface area (Å²) in [4.78, 5) is 15.0. The van der Waals surface area contributed by atoms with Crippen molar-refractivity contribution in [2.75, 3.05) is 0 Å². The summed E-state index contributed by atoms with van der Waals surface area (Å²) in [6, 6.07) is 0. The average molecular weight is 246 g/mol. The first-order valence-corrected chi connectivity index (χ1v) is 5.17. The number of rotatable bonds is 1. The third-order valence-electron chi connectivity index (χ3n) is 1.44. The highest BCUT2D eigenvalue weighted by Gasteiger charge is 1.97. The Labute approximate surface area is 98.4 Å². The Hall–Kier alpha value is -1.01. The molecule has 84 valence electrons. The summed E-state index contributed by atoms with van der Waals surface area (Å²) >= 11 is 9.88. The number of aliphatic carboxylic acids is 1. The van der Waals surface area contributed by atoms with Crippen molar-refractivity contribution >= 4 is 30.4 Å². The summed E-state index contributed by atoms with van der Waals surface area (Å²) in [6.07, 6.45) is 1.86. The van der Waals surface area contributed by atoms with Gasteiger partial charge in [-0.1, -0.05) is 38.3 Å². The largest absolute Gasteiger partial charge is 0.481 e. The van der Waals surface area contributed by atoms with Crippen molar-refractivity contribution in [3.8, 4) is 0 Å². The van der Waals surface area contributed by atoms with Crippen LogP contribution in [0.5, 0.6) is 0 Å². The lowest BCUT2D eigenvalue weighted by atomic mass is 10.1. The quantitative estimate of drug-likeness (QED) is 0.666. The number of nitrogens with one attached hydrogen (secondary N) is 2. The van der Waals surface area contributed by atoms with E-state index >= 15 is 0 Å². The molecule has 0 aliphatic heterocycles. The molecule has 0 saturated carbocycles. The van der Waals surface area contributed by atoms with Crippen LogP contribution in [-0.2, 0) is 4.79 Å². The van der Waals surface area contributed by atoms with Crippen molar-refractivity contribution in [1.82, 2.24) is 9.97 Å². The Kier molecular flexibility index (Phi) is 6.03. The maximum absolute atomic E-state index is 9.00. The Morgan fingerprint density at radius 3 is 2.20 bits per heavy atom. The lowest BCUT2D eigenvalue weighted by Crippen LogP contribution is -1.94. The average Bonchev–Trinajstić information content (AvgIpc) is 2.08. The molecule has 0 spiro atoms. The number of H-pyrrole nitrogens is 2. The molecular formula is C9H14N2O2S2. The zero-order chi connectivity index (χ0) is 12.0. The number of hydrogen-bond acceptors (Lipinski definition) is 3. The van der Waals surface area contributed by atoms with Gasteiger partial charge in [-0.25, -0.2) is 0 Å². The topological polar surface area (TPSA) is 68.9 Å². The molecule has 0 fully saturated rings. The second-order valence-corrected chi connectivity index (χ2v) is 4.02. The molecule has 1 aromatic rings. The second kappa shape index (κ2) is 6.47. The smallest absolute Gasteiger partial charge is 0.300 e. The molecule has 0 aliphatic rings. The van der Waals surface area contributed by atoms with E-state index < -0.39 is 5.97 Å². The van der Waals surface area contributed by atoms with Crippen molar-refractivity contribution in [1.29, 1.82) is 0 Å². The molecule has 3 N–H and O–H groups in total. The van der Waals surface area contributed by atoms with E-state index in [-0.39, 0.29) is 0 Å². The van der Waals surface area contributed by atoms with E-state index in [2.05, 4.69) is 23.8 Å². The molecule has 0 bridgehead atoms. The van der Waals surface area contributed by atoms with E-state index in [9.17, 15) is 0 Å². The van der Waals surface area contributed by atoms with Crippen LogP contribution < -0.4 is 0 Å². The number of aromatic amines is 2. The second-order valence-electron chi connectivity index (χ2n) is 3.20. The van der Waals surface area contributed by atoms with Gasteiger partial charge in [0.05, 0.1) is 0 Å². The molecule has 0 saturated heterocycles. The predicted octanol–water partition coefficient (Wildman–Crippen LogP) is 3.02. The van der Waals surface area contributed by atoms with Gasteiger partial charge in [-0.2, -0.15) is 0 Å². The zero-order valence-electron chi connectivity index (χ0n) is 8.83. The summed E-state index contributed by atoms with van der Waals surface area (Å²) < 4.78 is 1.22. The van der Waals surface area contributed by atoms with Crippen LogP contribution in [0.1, 0.15) is 32.4 Å². The van der Waals surface area contributed by atoms with E-state index in [0.29, 0.717) is 15.2 Å². The van der Waals surface area contributed by atoms with Gasteiger partial charge in [0.2, 0.25) is 0 Å². The van der Waals surface area contributed by atoms with Gasteiger partial charge in [0.15, 0.2) is 0 Å². The maximum Gasteiger partial charge on any atom is 0.300 e. The molecule has 1 heterocycles. The van der Waals surface area contributed by atoms with Crippen LogP contribution in [0.4, 0.5) is 0 Å². The first kappa shape index (κ1) is 14.0. The Morgan fingerprint density at radius 2 is 1.87 bits per heavy atom. The summed E-state index contributed by atoms with van der Waals surface area (Å²) in [7, 11) is 0. The van der Waals surface area contributed by atoms with Crippen molar-refractivity contribution in [2.24, 2.45) is 0 Å². The standard InChI is InChI=1S/C7H10N2S2.C2H4O2/c1-4(2)5-3-8-6(10)7(11)9-5;1-2(3)4/h3-4H,1-2H3,(H,8,10)(H,9,11);1H3,(H,3,4). The van der Waals surface area contributed by atoms with Gasteiger partial charge in [-0.3, -0.25) is 4.79 Å². The van der Waals surface area contributed by atoms with Gasteiger partial charge in [-0.15, -0.1) is 0 Å². The van der Waals surface area contributed by atoms with Crippen LogP contribution in [-0.4, -0.2) is 21.0 Å². The van der Waals surface area contributed by atoms with Crippen molar-refractivity contribution in [3.05, 3.63) is 21.2 Å². The highest BCUT2D eigenvalue weighted by Crippen LogP contribution is 2.08. The van der Waals surface area contributed by atoms with E-state index in [1.807, 2.05) is 6.20 Å². The molecular weight excluding hydrogens is 232 g/mol. The minimum absolute atomic E-state index is 0.448. The van der Waals surface area contributed by atoms with E-state index in [1.165, 1.54) is 0 Å². The maximum atomic E-state index is 9.00. The third-order valence-corrected chi connectivity index (χ3v) is 2.20. The SMILES string of the molecule is CC(=O)O.CC(C)c1c[nH]c(=S)c(=S)[nH]1. The van der Waals surface area contributed by atoms with Crippen LogP contribution in [0, 0.1) is 9.28 Å². The molecule has 0 radical (unpaired) electrons. The van der Waals surface area contributed by atoms with Crippen LogP contribution in [0.15, 0.2) is 6.20 Å². The lowest BCUT2D eigenvalue weighted by Gasteiger charge is -2.03. The Balaban J connectivity index is 0.000000423. The highest BCUT2D eigenvalue weighted by molar-refractivity contribution is 7.73. The van der Waals surface area contributed by atoms with Crippen molar-refractivity contribution in [3.63, 3.8) is 0 Å². The number of aromatic nitrogens is 2. The normalized spacial score (nSPS) is 9.33. The van der Waals surface area contributed by atoms with Crippen molar-refractivity contribution in [2.45, 2.75) is 26.7 Å². The van der Waals surface area contributed by atoms with Gasteiger partial charge >= 0.3 is 0 Å². The van der Waals surface area contributed by atoms with E-state index in [0.717, 1.165) is 12.6 Å². The van der Waals surface area contributed by atoms with Gasteiger partial charge < -0.3 is 15.1 Å². The Bertz CT molecular complexity index is 430. The molecule has 0 aromatic carbocycles. The monoisotopic (exact) mass is 246 g/mol. The summed E-state index contributed by atoms with van der Waals surface area (Å²) in [5.41, 5.74) is 1.09. The van der Waals surface area contributed by atoms with Crippen LogP contribution in [0.3, 0.4) is 0 Å². The molecule has 0 amide bonds. The number of carbonyl (C=O) groups is 1. The fourth-order valence-corrected chi connectivity index (χ4v) is 1.03. The number of hydrogen-bond donors (Lipinski definition) is 3. The summed E-state index contributed by atoms with van der Waals surface area (Å²) in [5, 5.41) is 7.42. The minimum atomic E-state index is -0.833. The number of carboxylic acid groups (broad SMARTS) is 1. The molecule has 1 aromatic heterocycles. The van der Waals surface area contributed by atoms with Gasteiger partial charge in [-0.05, 0) is 5.92 Å². The summed E-state index contributed by atoms with van der Waals surface area (Å²) in [6.45, 7) is 5.27. The van der Waals surface area contributed by atoms with Gasteiger partial charge in [0, 0.05) is 18.8 Å². The minimum Gasteiger partial charge on any atom is -0.481 e. The van der Waals surface area contributed by atoms with Crippen LogP contribution in [0.25, 0.3) is 0 Å². The Morgan fingerprint density at radius 1 is 1.40 bits per heavy atom. The van der Waals surface area contributed by atoms with Crippen LogP contribution >= 0.6 is 24.4 Å². The third kappa shape index (κ3) is 6.14. The molecule has 0 unspecified atom stereocenters. The molecule has 0 atom stereocenters. The van der Waals surface area contributed by atoms with Gasteiger partial charge in [0.25, 0.3) is 5.97 Å². The lowest BCUT2D eigenvalue weighted by molar-refractivity contribution is -0.134. The van der Waals surface area contributed by atoms with Crippen LogP contribution in [0.2, 0.25) is 0 Å². The fraction of sp³-hybridized carbons (Fsp3) is 0.444. The fourth-order valence-electron chi connectivity index (χ4n) is 0.744. The predicted molar refractivity (Wildman–Crippen MR) is 64.2 cm³/mol. The highest BCUT2D eigenvalue weighted by atomic mass is 32.1. The molecule has 0 aliphatic carbocycles. The molecule has 4 nitrogen and oxygen atoms in total. The van der Waals surface area contributed by atoms with E-state index in [1.54, 1.807) is 0 Å². The number of carboxylic acids is 1. The van der Waals surface area contributed by atoms with E-state index in [4.69, 9.17) is 34.3 Å². The molecule has 1 rings (SSSR count). The van der Waals surface area contributed by atoms with Gasteiger partial charge in [0.1, 0.15) is 9.28 Å². The molecule has 15 heavy (non-hydrogen) atoms.